The maximum atomic E-state index is 12.1. The average Bonchev–Trinajstić information content (AvgIpc) is 3.18. The van der Waals surface area contributed by atoms with Crippen molar-refractivity contribution < 1.29 is 14.5 Å². The maximum absolute atomic E-state index is 12.1. The second-order valence-corrected chi connectivity index (χ2v) is 5.53. The van der Waals surface area contributed by atoms with E-state index in [1.54, 1.807) is 7.11 Å². The second-order valence-electron chi connectivity index (χ2n) is 5.53. The third-order valence-corrected chi connectivity index (χ3v) is 3.97. The van der Waals surface area contributed by atoms with Crippen LogP contribution in [0.5, 0.6) is 5.75 Å². The van der Waals surface area contributed by atoms with E-state index in [2.05, 4.69) is 20.5 Å². The Balaban J connectivity index is 1.69. The first-order valence-corrected chi connectivity index (χ1v) is 7.62. The first-order valence-electron chi connectivity index (χ1n) is 7.62. The van der Waals surface area contributed by atoms with Gasteiger partial charge in [-0.05, 0) is 37.1 Å². The molecule has 3 rings (SSSR count). The molecule has 0 unspecified atom stereocenters. The summed E-state index contributed by atoms with van der Waals surface area (Å²) in [6.45, 7) is 1.83. The van der Waals surface area contributed by atoms with Crippen molar-refractivity contribution >= 4 is 22.5 Å². The van der Waals surface area contributed by atoms with Gasteiger partial charge >= 0.3 is 5.69 Å². The number of nitro groups is 1. The number of nitrogens with zero attached hydrogens (tertiary/aromatic N) is 2. The summed E-state index contributed by atoms with van der Waals surface area (Å²) < 4.78 is 5.23. The van der Waals surface area contributed by atoms with Crippen LogP contribution in [0.25, 0.3) is 10.9 Å². The number of carbonyl (C=O) groups excluding carboxylic acids is 1. The second kappa shape index (κ2) is 6.63. The molecule has 0 fully saturated rings. The normalized spacial score (nSPS) is 10.8. The van der Waals surface area contributed by atoms with Crippen LogP contribution in [0.2, 0.25) is 0 Å². The van der Waals surface area contributed by atoms with E-state index in [0.29, 0.717) is 13.0 Å². The molecule has 0 saturated heterocycles. The highest BCUT2D eigenvalue weighted by Crippen LogP contribution is 2.24. The van der Waals surface area contributed by atoms with Crippen LogP contribution >= 0.6 is 0 Å². The first-order chi connectivity index (χ1) is 12.0. The summed E-state index contributed by atoms with van der Waals surface area (Å²) in [5, 5.41) is 20.9. The van der Waals surface area contributed by atoms with Crippen molar-refractivity contribution in [1.82, 2.24) is 20.5 Å². The van der Waals surface area contributed by atoms with E-state index in [-0.39, 0.29) is 17.1 Å². The highest BCUT2D eigenvalue weighted by molar-refractivity contribution is 5.96. The summed E-state index contributed by atoms with van der Waals surface area (Å²) >= 11 is 0. The van der Waals surface area contributed by atoms with E-state index in [9.17, 15) is 14.9 Å². The highest BCUT2D eigenvalue weighted by Gasteiger charge is 2.26. The number of H-pyrrole nitrogens is 2. The monoisotopic (exact) mass is 343 g/mol. The van der Waals surface area contributed by atoms with Crippen LogP contribution in [0, 0.1) is 17.0 Å². The molecule has 9 nitrogen and oxygen atoms in total. The molecule has 0 saturated carbocycles. The molecule has 0 aliphatic heterocycles. The summed E-state index contributed by atoms with van der Waals surface area (Å²) in [5.41, 5.74) is 1.74. The van der Waals surface area contributed by atoms with Gasteiger partial charge in [0.25, 0.3) is 5.91 Å². The Kier molecular flexibility index (Phi) is 4.38. The number of benzene rings is 1. The topological polar surface area (TPSA) is 126 Å². The Morgan fingerprint density at radius 3 is 2.96 bits per heavy atom. The number of ether oxygens (including phenoxy) is 1. The lowest BCUT2D eigenvalue weighted by molar-refractivity contribution is -0.385. The molecule has 0 aliphatic carbocycles. The smallest absolute Gasteiger partial charge is 0.322 e. The van der Waals surface area contributed by atoms with Crippen molar-refractivity contribution in [3.8, 4) is 5.75 Å². The number of methoxy groups -OCH3 is 1. The molecule has 0 spiro atoms. The molecule has 9 heteroatoms. The summed E-state index contributed by atoms with van der Waals surface area (Å²) in [6.07, 6.45) is 2.44. The van der Waals surface area contributed by atoms with Gasteiger partial charge in [-0.2, -0.15) is 5.10 Å². The molecule has 0 radical (unpaired) electrons. The zero-order valence-electron chi connectivity index (χ0n) is 13.8. The lowest BCUT2D eigenvalue weighted by Crippen LogP contribution is -2.26. The van der Waals surface area contributed by atoms with Crippen LogP contribution in [0.3, 0.4) is 0 Å². The van der Waals surface area contributed by atoms with Gasteiger partial charge in [-0.25, -0.2) is 0 Å². The van der Waals surface area contributed by atoms with Gasteiger partial charge in [0.05, 0.1) is 12.0 Å². The molecule has 3 aromatic rings. The molecule has 3 N–H and O–H groups in total. The van der Waals surface area contributed by atoms with E-state index >= 15 is 0 Å². The first kappa shape index (κ1) is 16.5. The number of nitrogens with one attached hydrogen (secondary N) is 3. The van der Waals surface area contributed by atoms with E-state index in [1.807, 2.05) is 24.4 Å². The third kappa shape index (κ3) is 3.16. The van der Waals surface area contributed by atoms with Gasteiger partial charge in [0.1, 0.15) is 11.4 Å². The van der Waals surface area contributed by atoms with Gasteiger partial charge in [-0.3, -0.25) is 20.0 Å². The Morgan fingerprint density at radius 2 is 2.24 bits per heavy atom. The molecular weight excluding hydrogens is 326 g/mol. The largest absolute Gasteiger partial charge is 0.497 e. The number of hydrogen-bond donors (Lipinski definition) is 3. The predicted molar refractivity (Wildman–Crippen MR) is 90.9 cm³/mol. The van der Waals surface area contributed by atoms with Crippen LogP contribution in [0.1, 0.15) is 21.7 Å². The molecule has 1 amide bonds. The van der Waals surface area contributed by atoms with E-state index in [1.165, 1.54) is 6.92 Å². The molecule has 130 valence electrons. The molecule has 25 heavy (non-hydrogen) atoms. The van der Waals surface area contributed by atoms with Crippen molar-refractivity contribution in [3.05, 3.63) is 51.5 Å². The molecule has 0 atom stereocenters. The number of aromatic nitrogens is 3. The minimum Gasteiger partial charge on any atom is -0.497 e. The van der Waals surface area contributed by atoms with Crippen molar-refractivity contribution in [2.45, 2.75) is 13.3 Å². The van der Waals surface area contributed by atoms with Crippen LogP contribution in [-0.2, 0) is 6.42 Å². The van der Waals surface area contributed by atoms with Gasteiger partial charge < -0.3 is 15.0 Å². The number of amides is 1. The van der Waals surface area contributed by atoms with Crippen LogP contribution < -0.4 is 10.1 Å². The summed E-state index contributed by atoms with van der Waals surface area (Å²) in [7, 11) is 1.60. The lowest BCUT2D eigenvalue weighted by atomic mass is 10.1. The lowest BCUT2D eigenvalue weighted by Gasteiger charge is -2.04. The highest BCUT2D eigenvalue weighted by atomic mass is 16.6. The van der Waals surface area contributed by atoms with E-state index < -0.39 is 10.8 Å². The molecule has 0 aliphatic rings. The zero-order chi connectivity index (χ0) is 18.0. The molecule has 1 aromatic carbocycles. The Morgan fingerprint density at radius 1 is 1.44 bits per heavy atom. The summed E-state index contributed by atoms with van der Waals surface area (Å²) in [4.78, 5) is 25.7. The van der Waals surface area contributed by atoms with Crippen molar-refractivity contribution in [3.63, 3.8) is 0 Å². The number of fused-ring (bicyclic) bond motifs is 1. The fourth-order valence-corrected chi connectivity index (χ4v) is 2.69. The third-order valence-electron chi connectivity index (χ3n) is 3.97. The number of carbonyl (C=O) groups is 1. The average molecular weight is 343 g/mol. The predicted octanol–water partition coefficient (Wildman–Crippen LogP) is 2.09. The van der Waals surface area contributed by atoms with E-state index in [4.69, 9.17) is 4.74 Å². The summed E-state index contributed by atoms with van der Waals surface area (Å²) in [6, 6.07) is 5.71. The van der Waals surface area contributed by atoms with Crippen molar-refractivity contribution in [1.29, 1.82) is 0 Å². The number of aromatic amines is 2. The molecule has 2 heterocycles. The molecule has 0 bridgehead atoms. The van der Waals surface area contributed by atoms with Crippen LogP contribution in [0.4, 0.5) is 5.69 Å². The van der Waals surface area contributed by atoms with Crippen molar-refractivity contribution in [2.75, 3.05) is 13.7 Å². The molecule has 2 aromatic heterocycles. The number of hydrogen-bond acceptors (Lipinski definition) is 5. The van der Waals surface area contributed by atoms with Gasteiger partial charge in [0.15, 0.2) is 0 Å². The fraction of sp³-hybridized carbons (Fsp3) is 0.250. The van der Waals surface area contributed by atoms with Gasteiger partial charge in [-0.15, -0.1) is 0 Å². The van der Waals surface area contributed by atoms with Gasteiger partial charge in [-0.1, -0.05) is 0 Å². The molecular formula is C16H17N5O4. The van der Waals surface area contributed by atoms with Gasteiger partial charge in [0, 0.05) is 23.6 Å². The number of aryl methyl sites for hydroxylation is 1. The van der Waals surface area contributed by atoms with Crippen molar-refractivity contribution in [2.24, 2.45) is 0 Å². The quantitative estimate of drug-likeness (QED) is 0.467. The number of rotatable bonds is 6. The Labute approximate surface area is 142 Å². The Hall–Kier alpha value is -3.36. The zero-order valence-corrected chi connectivity index (χ0v) is 13.8. The van der Waals surface area contributed by atoms with E-state index in [0.717, 1.165) is 22.2 Å². The minimum atomic E-state index is -0.611. The van der Waals surface area contributed by atoms with Crippen LogP contribution in [0.15, 0.2) is 24.4 Å². The fourth-order valence-electron chi connectivity index (χ4n) is 2.69. The maximum Gasteiger partial charge on any atom is 0.322 e. The standard InChI is InChI=1S/C16H17N5O4/c1-9-15(21(23)24)14(20-19-9)16(22)17-6-5-10-8-18-13-4-3-11(25-2)7-12(10)13/h3-4,7-8,18H,5-6H2,1-2H3,(H,17,22)(H,19,20). The Bertz CT molecular complexity index is 943. The SMILES string of the molecule is COc1ccc2[nH]cc(CCNC(=O)c3n[nH]c(C)c3[N+](=O)[O-])c2c1. The summed E-state index contributed by atoms with van der Waals surface area (Å²) in [5.74, 6) is 0.175. The van der Waals surface area contributed by atoms with Crippen LogP contribution in [-0.4, -0.2) is 39.7 Å². The van der Waals surface area contributed by atoms with Gasteiger partial charge in [0.2, 0.25) is 5.69 Å². The minimum absolute atomic E-state index is 0.205.